The minimum absolute atomic E-state index is 0.0413. The number of ketones is 1. The Balaban J connectivity index is 1.67. The summed E-state index contributed by atoms with van der Waals surface area (Å²) < 4.78 is 1.03. The highest BCUT2D eigenvalue weighted by Gasteiger charge is 2.53. The highest BCUT2D eigenvalue weighted by Crippen LogP contribution is 2.50. The predicted molar refractivity (Wildman–Crippen MR) is 97.6 cm³/mol. The van der Waals surface area contributed by atoms with Crippen molar-refractivity contribution in [2.75, 3.05) is 18.8 Å². The van der Waals surface area contributed by atoms with Crippen LogP contribution in [0.1, 0.15) is 49.0 Å². The van der Waals surface area contributed by atoms with Crippen LogP contribution in [0.2, 0.25) is 0 Å². The lowest BCUT2D eigenvalue weighted by molar-refractivity contribution is 0.0267. The van der Waals surface area contributed by atoms with Crippen molar-refractivity contribution < 1.29 is 4.79 Å². The lowest BCUT2D eigenvalue weighted by Gasteiger charge is -2.53. The van der Waals surface area contributed by atoms with Crippen LogP contribution in [-0.4, -0.2) is 34.8 Å². The Morgan fingerprint density at radius 1 is 1.42 bits per heavy atom. The van der Waals surface area contributed by atoms with E-state index in [4.69, 9.17) is 5.73 Å². The maximum Gasteiger partial charge on any atom is 0.181 e. The van der Waals surface area contributed by atoms with E-state index in [1.54, 1.807) is 0 Å². The van der Waals surface area contributed by atoms with Gasteiger partial charge in [-0.05, 0) is 60.8 Å². The number of rotatable bonds is 2. The van der Waals surface area contributed by atoms with Crippen LogP contribution in [0.5, 0.6) is 0 Å². The van der Waals surface area contributed by atoms with Gasteiger partial charge in [-0.2, -0.15) is 0 Å². The molecule has 0 amide bonds. The zero-order valence-corrected chi connectivity index (χ0v) is 15.0. The predicted octanol–water partition coefficient (Wildman–Crippen LogP) is 3.45. The molecule has 2 heterocycles. The monoisotopic (exact) mass is 341 g/mol. The number of thiazole rings is 1. The van der Waals surface area contributed by atoms with E-state index in [2.05, 4.69) is 35.9 Å². The second-order valence-corrected chi connectivity index (χ2v) is 9.18. The van der Waals surface area contributed by atoms with Crippen LogP contribution in [0.4, 0.5) is 5.13 Å². The fourth-order valence-electron chi connectivity index (χ4n) is 4.84. The molecule has 4 nitrogen and oxygen atoms in total. The Kier molecular flexibility index (Phi) is 2.97. The molecule has 2 bridgehead atoms. The molecule has 1 aromatic heterocycles. The largest absolute Gasteiger partial charge is 0.375 e. The van der Waals surface area contributed by atoms with Crippen molar-refractivity contribution in [2.45, 2.75) is 44.6 Å². The second kappa shape index (κ2) is 4.79. The Labute approximate surface area is 146 Å². The number of benzene rings is 1. The fourth-order valence-corrected chi connectivity index (χ4v) is 5.60. The average molecular weight is 341 g/mol. The summed E-state index contributed by atoms with van der Waals surface area (Å²) in [5.74, 6) is 1.47. The van der Waals surface area contributed by atoms with Crippen molar-refractivity contribution in [3.05, 3.63) is 23.3 Å². The van der Waals surface area contributed by atoms with Crippen LogP contribution < -0.4 is 5.73 Å². The highest BCUT2D eigenvalue weighted by molar-refractivity contribution is 7.22. The summed E-state index contributed by atoms with van der Waals surface area (Å²) in [4.78, 5) is 20.3. The molecule has 1 aliphatic heterocycles. The van der Waals surface area contributed by atoms with E-state index in [1.807, 2.05) is 0 Å². The van der Waals surface area contributed by atoms with Crippen molar-refractivity contribution in [3.63, 3.8) is 0 Å². The van der Waals surface area contributed by atoms with Gasteiger partial charge >= 0.3 is 0 Å². The van der Waals surface area contributed by atoms with Gasteiger partial charge in [0.25, 0.3) is 0 Å². The summed E-state index contributed by atoms with van der Waals surface area (Å²) in [6.45, 7) is 6.74. The molecule has 24 heavy (non-hydrogen) atoms. The Hall–Kier alpha value is -1.46. The smallest absolute Gasteiger partial charge is 0.181 e. The van der Waals surface area contributed by atoms with Gasteiger partial charge in [0.05, 0.1) is 16.3 Å². The van der Waals surface area contributed by atoms with Gasteiger partial charge in [-0.15, -0.1) is 0 Å². The van der Waals surface area contributed by atoms with Gasteiger partial charge in [-0.25, -0.2) is 4.98 Å². The molecule has 3 atom stereocenters. The molecule has 2 aromatic rings. The Bertz CT molecular complexity index is 856. The van der Waals surface area contributed by atoms with Crippen molar-refractivity contribution in [3.8, 4) is 0 Å². The minimum Gasteiger partial charge on any atom is -0.375 e. The highest BCUT2D eigenvalue weighted by atomic mass is 32.1. The maximum absolute atomic E-state index is 13.4. The summed E-state index contributed by atoms with van der Waals surface area (Å²) in [6.07, 6.45) is 3.78. The zero-order valence-electron chi connectivity index (χ0n) is 14.2. The summed E-state index contributed by atoms with van der Waals surface area (Å²) >= 11 is 1.48. The van der Waals surface area contributed by atoms with Crippen molar-refractivity contribution in [2.24, 2.45) is 11.8 Å². The molecule has 2 N–H and O–H groups in total. The van der Waals surface area contributed by atoms with Crippen molar-refractivity contribution in [1.29, 1.82) is 0 Å². The molecular formula is C19H23N3OS. The average Bonchev–Trinajstić information content (AvgIpc) is 3.27. The van der Waals surface area contributed by atoms with Crippen LogP contribution in [0, 0.1) is 11.8 Å². The third-order valence-electron chi connectivity index (χ3n) is 6.67. The number of likely N-dealkylation sites (tertiary alicyclic amines) is 1. The summed E-state index contributed by atoms with van der Waals surface area (Å²) in [7, 11) is 0. The Morgan fingerprint density at radius 2 is 2.21 bits per heavy atom. The maximum atomic E-state index is 13.4. The fraction of sp³-hybridized carbons (Fsp3) is 0.579. The Morgan fingerprint density at radius 3 is 2.96 bits per heavy atom. The number of carbonyl (C=O) groups is 1. The lowest BCUT2D eigenvalue weighted by Crippen LogP contribution is -2.61. The molecule has 5 heteroatoms. The first kappa shape index (κ1) is 14.8. The number of hydrogen-bond donors (Lipinski definition) is 1. The molecule has 1 saturated heterocycles. The number of anilines is 1. The number of nitrogens with zero attached hydrogens (tertiary/aromatic N) is 2. The molecule has 5 rings (SSSR count). The van der Waals surface area contributed by atoms with Crippen molar-refractivity contribution in [1.82, 2.24) is 9.88 Å². The molecule has 126 valence electrons. The normalized spacial score (nSPS) is 33.0. The molecule has 0 radical (unpaired) electrons. The van der Waals surface area contributed by atoms with Crippen molar-refractivity contribution >= 4 is 32.5 Å². The van der Waals surface area contributed by atoms with Crippen LogP contribution in [0.25, 0.3) is 10.2 Å². The summed E-state index contributed by atoms with van der Waals surface area (Å²) in [5.41, 5.74) is 8.99. The number of carbonyl (C=O) groups excluding carboxylic acids is 1. The topological polar surface area (TPSA) is 59.2 Å². The van der Waals surface area contributed by atoms with Crippen LogP contribution >= 0.6 is 11.3 Å². The standard InChI is InChI=1S/C19H23N3OS/c1-10-16-17(23)12-7-15-14(21-18(20)24-15)8-13(12)19(10,2)5-6-22(16)9-11-3-4-11/h7-8,10-11,16H,3-6,9H2,1-2H3,(H2,20,21)/t10-,16?,19+/m0/s1. The molecule has 1 saturated carbocycles. The first-order valence-electron chi connectivity index (χ1n) is 8.96. The first-order valence-corrected chi connectivity index (χ1v) is 9.78. The number of fused-ring (bicyclic) bond motifs is 5. The zero-order chi connectivity index (χ0) is 16.6. The van der Waals surface area contributed by atoms with E-state index >= 15 is 0 Å². The molecular weight excluding hydrogens is 318 g/mol. The number of nitrogen functional groups attached to an aromatic ring is 1. The SMILES string of the molecule is C[C@H]1C2C(=O)c3cc4sc(N)nc4cc3[C@]1(C)CCN2CC1CC1. The molecule has 0 spiro atoms. The number of nitrogens with two attached hydrogens (primary N) is 1. The molecule has 1 unspecified atom stereocenters. The van der Waals surface area contributed by atoms with Gasteiger partial charge in [0.2, 0.25) is 0 Å². The summed E-state index contributed by atoms with van der Waals surface area (Å²) in [5, 5.41) is 0.580. The van der Waals surface area contributed by atoms with E-state index in [-0.39, 0.29) is 11.5 Å². The third kappa shape index (κ3) is 1.94. The molecule has 2 fully saturated rings. The van der Waals surface area contributed by atoms with Gasteiger partial charge in [0, 0.05) is 12.1 Å². The number of hydrogen-bond acceptors (Lipinski definition) is 5. The number of aromatic nitrogens is 1. The summed E-state index contributed by atoms with van der Waals surface area (Å²) in [6, 6.07) is 4.23. The second-order valence-electron chi connectivity index (χ2n) is 8.12. The van der Waals surface area contributed by atoms with E-state index in [0.717, 1.165) is 41.2 Å². The van der Waals surface area contributed by atoms with Gasteiger partial charge in [0.1, 0.15) is 0 Å². The lowest BCUT2D eigenvalue weighted by atomic mass is 9.58. The number of Topliss-reactive ketones (excluding diaryl/α,β-unsaturated/α-hetero) is 1. The van der Waals surface area contributed by atoms with E-state index in [1.165, 1.54) is 29.7 Å². The van der Waals surface area contributed by atoms with Crippen LogP contribution in [0.15, 0.2) is 12.1 Å². The van der Waals surface area contributed by atoms with Gasteiger partial charge in [-0.3, -0.25) is 9.69 Å². The van der Waals surface area contributed by atoms with Gasteiger partial charge in [-0.1, -0.05) is 25.2 Å². The quantitative estimate of drug-likeness (QED) is 0.909. The molecule has 2 aliphatic carbocycles. The molecule has 3 aliphatic rings. The van der Waals surface area contributed by atoms with Crippen LogP contribution in [-0.2, 0) is 5.41 Å². The van der Waals surface area contributed by atoms with E-state index in [0.29, 0.717) is 16.8 Å². The van der Waals surface area contributed by atoms with E-state index < -0.39 is 0 Å². The van der Waals surface area contributed by atoms with Gasteiger partial charge in [0.15, 0.2) is 10.9 Å². The third-order valence-corrected chi connectivity index (χ3v) is 7.52. The van der Waals surface area contributed by atoms with Crippen LogP contribution in [0.3, 0.4) is 0 Å². The minimum atomic E-state index is 0.0413. The van der Waals surface area contributed by atoms with E-state index in [9.17, 15) is 4.79 Å². The molecule has 1 aromatic carbocycles. The van der Waals surface area contributed by atoms with Gasteiger partial charge < -0.3 is 5.73 Å². The first-order chi connectivity index (χ1) is 11.5. The number of piperidine rings is 1.